The van der Waals surface area contributed by atoms with Gasteiger partial charge in [0.15, 0.2) is 0 Å². The quantitative estimate of drug-likeness (QED) is 0.356. The molecule has 0 fully saturated rings. The standard InChI is InChI=1S/C19H25N5O2.2C2H6/c1-19(2,3)13-10-12(8-9-22-18(21)26)11-16(17(13)25)24-23-15-7-5-4-6-14(15)20;2*1-2/h4-7,10-11,25H,8-9,20H2,1-3H3,(H3,21,22,26);2*1-2H3. The number of nitrogen functional groups attached to an aromatic ring is 1. The topological polar surface area (TPSA) is 126 Å². The highest BCUT2D eigenvalue weighted by Crippen LogP contribution is 2.40. The molecule has 0 aromatic heterocycles. The van der Waals surface area contributed by atoms with Gasteiger partial charge in [-0.1, -0.05) is 66.7 Å². The third-order valence-corrected chi connectivity index (χ3v) is 3.87. The van der Waals surface area contributed by atoms with E-state index in [0.29, 0.717) is 30.0 Å². The maximum absolute atomic E-state index is 10.9. The number of nitrogens with two attached hydrogens (primary N) is 2. The second-order valence-corrected chi connectivity index (χ2v) is 7.06. The lowest BCUT2D eigenvalue weighted by molar-refractivity contribution is 0.249. The summed E-state index contributed by atoms with van der Waals surface area (Å²) < 4.78 is 0. The van der Waals surface area contributed by atoms with Crippen LogP contribution in [0.1, 0.15) is 59.6 Å². The number of azo groups is 1. The van der Waals surface area contributed by atoms with Crippen molar-refractivity contribution in [3.63, 3.8) is 0 Å². The van der Waals surface area contributed by atoms with E-state index >= 15 is 0 Å². The molecule has 0 bridgehead atoms. The van der Waals surface area contributed by atoms with Gasteiger partial charge in [-0.2, -0.15) is 0 Å². The molecular weight excluding hydrogens is 378 g/mol. The van der Waals surface area contributed by atoms with E-state index in [1.165, 1.54) is 0 Å². The minimum atomic E-state index is -0.570. The van der Waals surface area contributed by atoms with Crippen LogP contribution in [-0.2, 0) is 11.8 Å². The van der Waals surface area contributed by atoms with Crippen LogP contribution >= 0.6 is 0 Å². The Hall–Kier alpha value is -3.09. The molecule has 6 N–H and O–H groups in total. The largest absolute Gasteiger partial charge is 0.505 e. The van der Waals surface area contributed by atoms with Crippen molar-refractivity contribution in [3.8, 4) is 5.75 Å². The molecule has 0 atom stereocenters. The van der Waals surface area contributed by atoms with E-state index in [2.05, 4.69) is 15.5 Å². The van der Waals surface area contributed by atoms with Crippen LogP contribution in [0.5, 0.6) is 5.75 Å². The lowest BCUT2D eigenvalue weighted by Crippen LogP contribution is -2.31. The van der Waals surface area contributed by atoms with E-state index in [9.17, 15) is 9.90 Å². The molecule has 30 heavy (non-hydrogen) atoms. The fraction of sp³-hybridized carbons (Fsp3) is 0.435. The summed E-state index contributed by atoms with van der Waals surface area (Å²) in [5.74, 6) is 0.0855. The molecule has 0 spiro atoms. The number of para-hydroxylation sites is 1. The molecule has 0 unspecified atom stereocenters. The maximum Gasteiger partial charge on any atom is 0.312 e. The molecule has 0 heterocycles. The highest BCUT2D eigenvalue weighted by atomic mass is 16.3. The molecule has 0 saturated carbocycles. The van der Waals surface area contributed by atoms with Crippen LogP contribution < -0.4 is 16.8 Å². The van der Waals surface area contributed by atoms with Gasteiger partial charge in [0.05, 0.1) is 5.69 Å². The smallest absolute Gasteiger partial charge is 0.312 e. The summed E-state index contributed by atoms with van der Waals surface area (Å²) in [6, 6.07) is 10.2. The molecule has 2 amide bonds. The predicted octanol–water partition coefficient (Wildman–Crippen LogP) is 5.95. The van der Waals surface area contributed by atoms with E-state index in [4.69, 9.17) is 11.5 Å². The number of amides is 2. The molecule has 7 nitrogen and oxygen atoms in total. The number of carbonyl (C=O) groups is 1. The number of nitrogens with zero attached hydrogens (tertiary/aromatic N) is 2. The number of hydrogen-bond donors (Lipinski definition) is 4. The zero-order valence-corrected chi connectivity index (χ0v) is 19.3. The highest BCUT2D eigenvalue weighted by Gasteiger charge is 2.21. The van der Waals surface area contributed by atoms with Gasteiger partial charge in [-0.3, -0.25) is 0 Å². The molecule has 166 valence electrons. The minimum absolute atomic E-state index is 0.0855. The number of phenolic OH excluding ortho intramolecular Hbond substituents is 1. The summed E-state index contributed by atoms with van der Waals surface area (Å²) in [5, 5.41) is 21.6. The van der Waals surface area contributed by atoms with Crippen LogP contribution in [0.4, 0.5) is 21.9 Å². The zero-order chi connectivity index (χ0) is 23.3. The average Bonchev–Trinajstić information content (AvgIpc) is 2.71. The average molecular weight is 416 g/mol. The minimum Gasteiger partial charge on any atom is -0.505 e. The van der Waals surface area contributed by atoms with Crippen molar-refractivity contribution in [1.29, 1.82) is 0 Å². The van der Waals surface area contributed by atoms with Crippen LogP contribution in [0, 0.1) is 0 Å². The fourth-order valence-corrected chi connectivity index (χ4v) is 2.49. The normalized spacial score (nSPS) is 10.5. The monoisotopic (exact) mass is 415 g/mol. The fourth-order valence-electron chi connectivity index (χ4n) is 2.49. The summed E-state index contributed by atoms with van der Waals surface area (Å²) in [6.07, 6.45) is 0.558. The number of carbonyl (C=O) groups excluding carboxylic acids is 1. The first-order chi connectivity index (χ1) is 14.2. The SMILES string of the molecule is CC.CC.CC(C)(C)c1cc(CCNC(N)=O)cc(N=Nc2ccccc2N)c1O. The van der Waals surface area contributed by atoms with E-state index in [1.54, 1.807) is 18.2 Å². The first kappa shape index (κ1) is 26.9. The third kappa shape index (κ3) is 8.51. The summed E-state index contributed by atoms with van der Waals surface area (Å²) >= 11 is 0. The first-order valence-corrected chi connectivity index (χ1v) is 10.3. The highest BCUT2D eigenvalue weighted by molar-refractivity contribution is 5.71. The first-order valence-electron chi connectivity index (χ1n) is 10.3. The molecule has 2 aromatic carbocycles. The van der Waals surface area contributed by atoms with Gasteiger partial charge in [0.25, 0.3) is 0 Å². The Morgan fingerprint density at radius 3 is 2.13 bits per heavy atom. The molecule has 0 radical (unpaired) electrons. The summed E-state index contributed by atoms with van der Waals surface area (Å²) in [5.41, 5.74) is 13.8. The molecule has 0 aliphatic carbocycles. The number of urea groups is 1. The van der Waals surface area contributed by atoms with Crippen molar-refractivity contribution in [1.82, 2.24) is 5.32 Å². The zero-order valence-electron chi connectivity index (χ0n) is 19.3. The van der Waals surface area contributed by atoms with E-state index in [1.807, 2.05) is 66.7 Å². The van der Waals surface area contributed by atoms with Gasteiger partial charge in [0, 0.05) is 12.1 Å². The molecular formula is C23H37N5O2. The van der Waals surface area contributed by atoms with E-state index in [0.717, 1.165) is 11.1 Å². The lowest BCUT2D eigenvalue weighted by atomic mass is 9.84. The van der Waals surface area contributed by atoms with Gasteiger partial charge in [0.2, 0.25) is 0 Å². The Morgan fingerprint density at radius 1 is 1.03 bits per heavy atom. The van der Waals surface area contributed by atoms with Crippen LogP contribution in [-0.4, -0.2) is 17.7 Å². The molecule has 2 rings (SSSR count). The number of nitrogens with one attached hydrogen (secondary N) is 1. The number of hydrogen-bond acceptors (Lipinski definition) is 5. The molecule has 2 aromatic rings. The number of rotatable bonds is 5. The number of primary amides is 1. The van der Waals surface area contributed by atoms with Gasteiger partial charge >= 0.3 is 6.03 Å². The van der Waals surface area contributed by atoms with Crippen LogP contribution in [0.3, 0.4) is 0 Å². The van der Waals surface area contributed by atoms with Crippen molar-refractivity contribution >= 4 is 23.1 Å². The van der Waals surface area contributed by atoms with Crippen molar-refractivity contribution in [3.05, 3.63) is 47.5 Å². The number of aromatic hydroxyl groups is 1. The number of phenols is 1. The van der Waals surface area contributed by atoms with Crippen LogP contribution in [0.25, 0.3) is 0 Å². The van der Waals surface area contributed by atoms with Crippen LogP contribution in [0.2, 0.25) is 0 Å². The Balaban J connectivity index is 0.00000198. The lowest BCUT2D eigenvalue weighted by Gasteiger charge is -2.22. The van der Waals surface area contributed by atoms with Crippen molar-refractivity contribution in [2.45, 2.75) is 60.3 Å². The Morgan fingerprint density at radius 2 is 1.60 bits per heavy atom. The number of benzene rings is 2. The van der Waals surface area contributed by atoms with Crippen molar-refractivity contribution < 1.29 is 9.90 Å². The summed E-state index contributed by atoms with van der Waals surface area (Å²) in [7, 11) is 0. The molecule has 0 aliphatic rings. The second-order valence-electron chi connectivity index (χ2n) is 7.06. The Kier molecular flexibility index (Phi) is 11.8. The Bertz CT molecular complexity index is 827. The van der Waals surface area contributed by atoms with Crippen molar-refractivity contribution in [2.75, 3.05) is 12.3 Å². The van der Waals surface area contributed by atoms with E-state index < -0.39 is 6.03 Å². The van der Waals surface area contributed by atoms with Gasteiger partial charge in [-0.15, -0.1) is 10.2 Å². The van der Waals surface area contributed by atoms with Crippen LogP contribution in [0.15, 0.2) is 46.6 Å². The van der Waals surface area contributed by atoms with E-state index in [-0.39, 0.29) is 11.2 Å². The number of anilines is 1. The van der Waals surface area contributed by atoms with Crippen molar-refractivity contribution in [2.24, 2.45) is 16.0 Å². The summed E-state index contributed by atoms with van der Waals surface area (Å²) in [6.45, 7) is 14.4. The maximum atomic E-state index is 10.9. The van der Waals surface area contributed by atoms with Gasteiger partial charge in [0.1, 0.15) is 17.1 Å². The third-order valence-electron chi connectivity index (χ3n) is 3.87. The summed E-state index contributed by atoms with van der Waals surface area (Å²) in [4.78, 5) is 10.9. The second kappa shape index (κ2) is 13.2. The van der Waals surface area contributed by atoms with Gasteiger partial charge in [-0.25, -0.2) is 4.79 Å². The van der Waals surface area contributed by atoms with Gasteiger partial charge < -0.3 is 21.9 Å². The molecule has 7 heteroatoms. The predicted molar refractivity (Wildman–Crippen MR) is 126 cm³/mol. The molecule has 0 aliphatic heterocycles. The van der Waals surface area contributed by atoms with Gasteiger partial charge in [-0.05, 0) is 35.6 Å². The molecule has 0 saturated heterocycles. The Labute approximate surface area is 180 Å².